The first-order chi connectivity index (χ1) is 8.13. The molecule has 4 heteroatoms. The summed E-state index contributed by atoms with van der Waals surface area (Å²) in [5.74, 6) is -0.559. The molecule has 0 saturated heterocycles. The molecule has 0 aromatic carbocycles. The van der Waals surface area contributed by atoms with Crippen molar-refractivity contribution in [3.05, 3.63) is 0 Å². The molecule has 0 amide bonds. The molecule has 1 unspecified atom stereocenters. The summed E-state index contributed by atoms with van der Waals surface area (Å²) in [6.45, 7) is 2.17. The summed E-state index contributed by atoms with van der Waals surface area (Å²) in [6, 6.07) is 0. The van der Waals surface area contributed by atoms with Crippen molar-refractivity contribution in [2.75, 3.05) is 5.75 Å². The van der Waals surface area contributed by atoms with Crippen molar-refractivity contribution in [3.8, 4) is 0 Å². The Labute approximate surface area is 123 Å². The average Bonchev–Trinajstić information content (AvgIpc) is 2.28. The van der Waals surface area contributed by atoms with Crippen LogP contribution in [0.15, 0.2) is 0 Å². The average molecular weight is 366 g/mol. The topological polar surface area (TPSA) is 40.1 Å². The number of rotatable bonds is 9. The molecule has 0 rings (SSSR count). The zero-order valence-electron chi connectivity index (χ0n) is 11.5. The maximum absolute atomic E-state index is 10.7. The minimum absolute atomic E-state index is 0.230. The van der Waals surface area contributed by atoms with Gasteiger partial charge in [-0.25, -0.2) is 0 Å². The summed E-state index contributed by atoms with van der Waals surface area (Å²) in [5, 5.41) is 10.7. The van der Waals surface area contributed by atoms with E-state index in [4.69, 9.17) is 0 Å². The molecule has 1 radical (unpaired) electrons. The van der Waals surface area contributed by atoms with Gasteiger partial charge in [-0.15, -0.1) is 0 Å². The summed E-state index contributed by atoms with van der Waals surface area (Å²) in [4.78, 5) is 15.3. The van der Waals surface area contributed by atoms with Crippen LogP contribution in [0.5, 0.6) is 0 Å². The number of carboxylic acid groups (broad SMARTS) is 1. The Morgan fingerprint density at radius 1 is 1.18 bits per heavy atom. The number of carbonyl (C=O) groups excluding carboxylic acids is 1. The summed E-state index contributed by atoms with van der Waals surface area (Å²) in [6.07, 6.45) is 7.24. The Morgan fingerprint density at radius 2 is 1.71 bits per heavy atom. The fourth-order valence-corrected chi connectivity index (χ4v) is 1.84. The number of hydrogen-bond acceptors (Lipinski definition) is 3. The zero-order chi connectivity index (χ0) is 13.5. The van der Waals surface area contributed by atoms with Crippen LogP contribution >= 0.6 is 12.6 Å². The molecule has 0 spiro atoms. The van der Waals surface area contributed by atoms with Gasteiger partial charge in [-0.05, 0) is 24.5 Å². The van der Waals surface area contributed by atoms with E-state index >= 15 is 0 Å². The van der Waals surface area contributed by atoms with E-state index in [1.807, 2.05) is 0 Å². The van der Waals surface area contributed by atoms with Crippen LogP contribution in [-0.4, -0.2) is 32.9 Å². The third-order valence-electron chi connectivity index (χ3n) is 2.47. The van der Waals surface area contributed by atoms with Crippen LogP contribution in [-0.2, 0) is 4.79 Å². The zero-order valence-corrected chi connectivity index (χ0v) is 15.2. The molecule has 2 nitrogen and oxygen atoms in total. The van der Waals surface area contributed by atoms with Gasteiger partial charge >= 0.3 is 31.0 Å². The van der Waals surface area contributed by atoms with Gasteiger partial charge in [0, 0.05) is 5.97 Å². The van der Waals surface area contributed by atoms with Crippen molar-refractivity contribution in [3.63, 3.8) is 0 Å². The van der Waals surface area contributed by atoms with E-state index in [2.05, 4.69) is 29.4 Å². The van der Waals surface area contributed by atoms with Gasteiger partial charge in [-0.3, -0.25) is 0 Å². The molecular weight excluding hydrogens is 339 g/mol. The predicted molar refractivity (Wildman–Crippen MR) is 77.8 cm³/mol. The van der Waals surface area contributed by atoms with E-state index in [-0.39, 0.29) is 27.1 Å². The predicted octanol–water partition coefficient (Wildman–Crippen LogP) is 2.82. The van der Waals surface area contributed by atoms with Crippen LogP contribution in [0.25, 0.3) is 0 Å². The third kappa shape index (κ3) is 16.6. The van der Waals surface area contributed by atoms with E-state index in [0.717, 1.165) is 19.3 Å². The molecule has 17 heavy (non-hydrogen) atoms. The van der Waals surface area contributed by atoms with Gasteiger partial charge in [-0.1, -0.05) is 39.0 Å². The first-order valence-corrected chi connectivity index (χ1v) is 12.9. The van der Waals surface area contributed by atoms with Crippen LogP contribution in [0.3, 0.4) is 0 Å². The van der Waals surface area contributed by atoms with Gasteiger partial charge in [-0.2, -0.15) is 12.6 Å². The Hall–Kier alpha value is 0.619. The second-order valence-corrected chi connectivity index (χ2v) is 7.53. The van der Waals surface area contributed by atoms with Gasteiger partial charge in [0.05, 0.1) is 0 Å². The molecule has 0 aromatic heterocycles. The van der Waals surface area contributed by atoms with Crippen LogP contribution in [0.2, 0.25) is 9.88 Å². The summed E-state index contributed by atoms with van der Waals surface area (Å²) >= 11 is 4.27. The van der Waals surface area contributed by atoms with E-state index in [1.165, 1.54) is 19.3 Å². The van der Waals surface area contributed by atoms with E-state index < -0.39 is 5.97 Å². The molecule has 0 aromatic rings. The number of carboxylic acids is 1. The monoisotopic (exact) mass is 367 g/mol. The Balaban J connectivity index is 0. The van der Waals surface area contributed by atoms with Crippen molar-refractivity contribution < 1.29 is 9.90 Å². The van der Waals surface area contributed by atoms with Crippen LogP contribution in [0, 0.1) is 5.92 Å². The molecule has 1 atom stereocenters. The van der Waals surface area contributed by atoms with Gasteiger partial charge in [0.2, 0.25) is 0 Å². The van der Waals surface area contributed by atoms with Crippen molar-refractivity contribution >= 4 is 39.7 Å². The number of thiol groups is 1. The molecule has 0 fully saturated rings. The van der Waals surface area contributed by atoms with E-state index in [9.17, 15) is 9.90 Å². The van der Waals surface area contributed by atoms with Crippen molar-refractivity contribution in [1.82, 2.24) is 0 Å². The number of carbonyl (C=O) groups is 1. The summed E-state index contributed by atoms with van der Waals surface area (Å²) in [7, 11) is 0. The van der Waals surface area contributed by atoms with Gasteiger partial charge in [0.25, 0.3) is 0 Å². The summed E-state index contributed by atoms with van der Waals surface area (Å²) < 4.78 is 0. The Kier molecular flexibility index (Phi) is 19.5. The fraction of sp³-hybridized carbons (Fsp3) is 0.923. The van der Waals surface area contributed by atoms with Gasteiger partial charge in [0.1, 0.15) is 0 Å². The third-order valence-corrected chi connectivity index (χ3v) is 2.73. The summed E-state index contributed by atoms with van der Waals surface area (Å²) in [5.41, 5.74) is 0. The maximum atomic E-state index is 10.7. The van der Waals surface area contributed by atoms with Gasteiger partial charge in [0.15, 0.2) is 0 Å². The molecule has 101 valence electrons. The Morgan fingerprint density at radius 3 is 2.12 bits per heavy atom. The molecular formula is C13H27O2SSn. The molecule has 0 heterocycles. The van der Waals surface area contributed by atoms with Crippen molar-refractivity contribution in [1.29, 1.82) is 0 Å². The van der Waals surface area contributed by atoms with Crippen LogP contribution in [0.4, 0.5) is 0 Å². The molecule has 0 saturated carbocycles. The van der Waals surface area contributed by atoms with E-state index in [1.54, 1.807) is 0 Å². The first kappa shape index (κ1) is 19.9. The van der Waals surface area contributed by atoms with Crippen molar-refractivity contribution in [2.45, 2.75) is 61.7 Å². The molecule has 0 bridgehead atoms. The first-order valence-electron chi connectivity index (χ1n) is 6.54. The second-order valence-electron chi connectivity index (χ2n) is 4.23. The van der Waals surface area contributed by atoms with Gasteiger partial charge < -0.3 is 9.90 Å². The second kappa shape index (κ2) is 16.6. The number of unbranched alkanes of at least 4 members (excludes halogenated alkanes) is 4. The molecule has 0 aliphatic rings. The Bertz CT molecular complexity index is 165. The normalized spacial score (nSPS) is 11.3. The SMILES string of the molecule is CCCCCCCC(CCS)C(=O)[O-].[CH3][Sn+][CH3]. The van der Waals surface area contributed by atoms with Crippen molar-refractivity contribution in [2.24, 2.45) is 5.92 Å². The quantitative estimate of drug-likeness (QED) is 0.387. The number of aliphatic carboxylic acids is 1. The van der Waals surface area contributed by atoms with Crippen LogP contribution < -0.4 is 5.11 Å². The van der Waals surface area contributed by atoms with Crippen LogP contribution in [0.1, 0.15) is 51.9 Å². The number of hydrogen-bond donors (Lipinski definition) is 1. The minimum atomic E-state index is -0.908. The molecule has 0 aliphatic carbocycles. The molecule has 0 N–H and O–H groups in total. The van der Waals surface area contributed by atoms with E-state index in [0.29, 0.717) is 12.2 Å². The standard InChI is InChI=1S/C11H22O2S.2CH3.Sn/c1-2-3-4-5-6-7-10(8-9-14)11(12)13;;;/h10,14H,2-9H2,1H3,(H,12,13);2*1H3;/q;;;+1/p-1. The fourth-order valence-electron chi connectivity index (χ4n) is 1.53. The molecule has 0 aliphatic heterocycles.